The number of ether oxygens (including phenoxy) is 1. The molecular weight excluding hydrogens is 374 g/mol. The summed E-state index contributed by atoms with van der Waals surface area (Å²) in [5, 5.41) is 2.97. The van der Waals surface area contributed by atoms with Crippen molar-refractivity contribution in [3.05, 3.63) is 66.0 Å². The third kappa shape index (κ3) is 7.99. The molecule has 0 spiro atoms. The van der Waals surface area contributed by atoms with Crippen molar-refractivity contribution in [2.24, 2.45) is 5.92 Å². The summed E-state index contributed by atoms with van der Waals surface area (Å²) in [7, 11) is 0. The largest absolute Gasteiger partial charge is 0.487 e. The van der Waals surface area contributed by atoms with E-state index in [1.165, 1.54) is 25.9 Å². The second kappa shape index (κ2) is 12.1. The van der Waals surface area contributed by atoms with Crippen LogP contribution in [0.5, 0.6) is 5.75 Å². The van der Waals surface area contributed by atoms with Crippen LogP contribution < -0.4 is 10.1 Å². The van der Waals surface area contributed by atoms with E-state index < -0.39 is 0 Å². The zero-order valence-corrected chi connectivity index (χ0v) is 17.9. The molecule has 1 aliphatic heterocycles. The van der Waals surface area contributed by atoms with Crippen LogP contribution in [-0.2, 0) is 11.4 Å². The molecule has 30 heavy (non-hydrogen) atoms. The fourth-order valence-electron chi connectivity index (χ4n) is 3.50. The van der Waals surface area contributed by atoms with Crippen molar-refractivity contribution in [2.45, 2.75) is 39.2 Å². The van der Waals surface area contributed by atoms with Crippen molar-refractivity contribution >= 4 is 12.0 Å². The van der Waals surface area contributed by atoms with Gasteiger partial charge in [-0.15, -0.1) is 0 Å². The molecule has 0 aliphatic carbocycles. The van der Waals surface area contributed by atoms with Gasteiger partial charge in [0.25, 0.3) is 0 Å². The van der Waals surface area contributed by atoms with E-state index in [9.17, 15) is 4.79 Å². The number of benzene rings is 1. The normalized spacial score (nSPS) is 15.4. The molecule has 1 aromatic carbocycles. The predicted molar refractivity (Wildman–Crippen MR) is 121 cm³/mol. The molecule has 2 heterocycles. The van der Waals surface area contributed by atoms with E-state index in [1.807, 2.05) is 48.5 Å². The summed E-state index contributed by atoms with van der Waals surface area (Å²) < 4.78 is 5.73. The van der Waals surface area contributed by atoms with Gasteiger partial charge in [-0.3, -0.25) is 9.78 Å². The van der Waals surface area contributed by atoms with Gasteiger partial charge in [-0.2, -0.15) is 0 Å². The Morgan fingerprint density at radius 2 is 1.97 bits per heavy atom. The number of amides is 1. The molecule has 0 saturated carbocycles. The molecule has 0 bridgehead atoms. The minimum absolute atomic E-state index is 0.0442. The topological polar surface area (TPSA) is 54.5 Å². The molecule has 1 amide bonds. The quantitative estimate of drug-likeness (QED) is 0.471. The third-order valence-corrected chi connectivity index (χ3v) is 5.50. The molecular formula is C25H33N3O2. The molecule has 1 aliphatic rings. The number of aromatic nitrogens is 1. The molecule has 5 nitrogen and oxygen atoms in total. The molecule has 5 heteroatoms. The number of carbonyl (C=O) groups is 1. The van der Waals surface area contributed by atoms with Crippen molar-refractivity contribution in [2.75, 3.05) is 26.2 Å². The fourth-order valence-corrected chi connectivity index (χ4v) is 3.50. The Bertz CT molecular complexity index is 782. The molecule has 1 fully saturated rings. The van der Waals surface area contributed by atoms with Gasteiger partial charge >= 0.3 is 0 Å². The van der Waals surface area contributed by atoms with Gasteiger partial charge in [0.1, 0.15) is 12.4 Å². The molecule has 0 radical (unpaired) electrons. The minimum atomic E-state index is -0.0442. The molecule has 1 aromatic heterocycles. The summed E-state index contributed by atoms with van der Waals surface area (Å²) in [4.78, 5) is 18.8. The van der Waals surface area contributed by atoms with E-state index in [0.717, 1.165) is 48.9 Å². The van der Waals surface area contributed by atoms with Crippen LogP contribution in [0.2, 0.25) is 0 Å². The van der Waals surface area contributed by atoms with Gasteiger partial charge in [-0.05, 0) is 87.1 Å². The van der Waals surface area contributed by atoms with Crippen LogP contribution in [0.25, 0.3) is 6.08 Å². The minimum Gasteiger partial charge on any atom is -0.487 e. The lowest BCUT2D eigenvalue weighted by molar-refractivity contribution is -0.116. The standard InChI is InChI=1S/C25H33N3O2/c1-21-13-18-28(19-14-21)17-5-4-16-27-25(29)12-9-22-7-10-24(11-8-22)30-20-23-6-2-3-15-26-23/h2-3,6-12,15,21H,4-5,13-14,16-20H2,1H3,(H,27,29). The van der Waals surface area contributed by atoms with Gasteiger partial charge in [0.15, 0.2) is 0 Å². The van der Waals surface area contributed by atoms with Gasteiger partial charge in [0.2, 0.25) is 5.91 Å². The van der Waals surface area contributed by atoms with E-state index in [2.05, 4.69) is 22.1 Å². The van der Waals surface area contributed by atoms with Crippen LogP contribution in [-0.4, -0.2) is 42.0 Å². The molecule has 1 N–H and O–H groups in total. The van der Waals surface area contributed by atoms with Gasteiger partial charge in [-0.1, -0.05) is 25.1 Å². The third-order valence-electron chi connectivity index (χ3n) is 5.50. The summed E-state index contributed by atoms with van der Waals surface area (Å²) in [6.45, 7) is 7.11. The highest BCUT2D eigenvalue weighted by Crippen LogP contribution is 2.16. The van der Waals surface area contributed by atoms with Crippen molar-refractivity contribution in [3.63, 3.8) is 0 Å². The number of hydrogen-bond acceptors (Lipinski definition) is 4. The molecule has 0 atom stereocenters. The number of carbonyl (C=O) groups excluding carboxylic acids is 1. The number of nitrogens with zero attached hydrogens (tertiary/aromatic N) is 2. The summed E-state index contributed by atoms with van der Waals surface area (Å²) in [6.07, 6.45) is 9.97. The van der Waals surface area contributed by atoms with Gasteiger partial charge < -0.3 is 15.0 Å². The summed E-state index contributed by atoms with van der Waals surface area (Å²) in [5.74, 6) is 1.62. The van der Waals surface area contributed by atoms with E-state index in [1.54, 1.807) is 12.3 Å². The van der Waals surface area contributed by atoms with E-state index in [0.29, 0.717) is 6.61 Å². The molecule has 3 rings (SSSR count). The second-order valence-electron chi connectivity index (χ2n) is 8.03. The fraction of sp³-hybridized carbons (Fsp3) is 0.440. The van der Waals surface area contributed by atoms with Crippen LogP contribution in [0.3, 0.4) is 0 Å². The van der Waals surface area contributed by atoms with Crippen LogP contribution in [0.15, 0.2) is 54.7 Å². The first-order chi connectivity index (χ1) is 14.7. The molecule has 0 unspecified atom stereocenters. The van der Waals surface area contributed by atoms with Crippen LogP contribution >= 0.6 is 0 Å². The van der Waals surface area contributed by atoms with E-state index in [4.69, 9.17) is 4.74 Å². The van der Waals surface area contributed by atoms with Crippen molar-refractivity contribution in [1.82, 2.24) is 15.2 Å². The Labute approximate surface area is 180 Å². The van der Waals surface area contributed by atoms with Crippen molar-refractivity contribution < 1.29 is 9.53 Å². The molecule has 2 aromatic rings. The maximum absolute atomic E-state index is 12.0. The predicted octanol–water partition coefficient (Wildman–Crippen LogP) is 4.30. The lowest BCUT2D eigenvalue weighted by atomic mass is 9.99. The number of piperidine rings is 1. The smallest absolute Gasteiger partial charge is 0.243 e. The highest BCUT2D eigenvalue weighted by Gasteiger charge is 2.14. The lowest BCUT2D eigenvalue weighted by Gasteiger charge is -2.30. The number of likely N-dealkylation sites (tertiary alicyclic amines) is 1. The maximum atomic E-state index is 12.0. The lowest BCUT2D eigenvalue weighted by Crippen LogP contribution is -2.34. The first-order valence-electron chi connectivity index (χ1n) is 11.0. The number of rotatable bonds is 10. The maximum Gasteiger partial charge on any atom is 0.243 e. The number of hydrogen-bond donors (Lipinski definition) is 1. The Balaban J connectivity index is 1.29. The Kier molecular flexibility index (Phi) is 8.91. The van der Waals surface area contributed by atoms with Crippen molar-refractivity contribution in [3.8, 4) is 5.75 Å². The highest BCUT2D eigenvalue weighted by atomic mass is 16.5. The SMILES string of the molecule is CC1CCN(CCCCNC(=O)C=Cc2ccc(OCc3ccccn3)cc2)CC1. The van der Waals surface area contributed by atoms with Crippen LogP contribution in [0.1, 0.15) is 43.9 Å². The second-order valence-corrected chi connectivity index (χ2v) is 8.03. The monoisotopic (exact) mass is 407 g/mol. The van der Waals surface area contributed by atoms with Gasteiger partial charge in [-0.25, -0.2) is 0 Å². The van der Waals surface area contributed by atoms with Crippen molar-refractivity contribution in [1.29, 1.82) is 0 Å². The highest BCUT2D eigenvalue weighted by molar-refractivity contribution is 5.91. The summed E-state index contributed by atoms with van der Waals surface area (Å²) in [5.41, 5.74) is 1.86. The van der Waals surface area contributed by atoms with E-state index >= 15 is 0 Å². The summed E-state index contributed by atoms with van der Waals surface area (Å²) in [6, 6.07) is 13.5. The average molecular weight is 408 g/mol. The number of unbranched alkanes of at least 4 members (excludes halogenated alkanes) is 1. The first kappa shape index (κ1) is 22.0. The molecule has 160 valence electrons. The summed E-state index contributed by atoms with van der Waals surface area (Å²) >= 11 is 0. The zero-order valence-electron chi connectivity index (χ0n) is 17.9. The Morgan fingerprint density at radius 1 is 1.17 bits per heavy atom. The number of nitrogens with one attached hydrogen (secondary N) is 1. The van der Waals surface area contributed by atoms with Gasteiger partial charge in [0.05, 0.1) is 5.69 Å². The average Bonchev–Trinajstić information content (AvgIpc) is 2.79. The Hall–Kier alpha value is -2.66. The van der Waals surface area contributed by atoms with Crippen LogP contribution in [0.4, 0.5) is 0 Å². The van der Waals surface area contributed by atoms with Gasteiger partial charge in [0, 0.05) is 18.8 Å². The molecule has 1 saturated heterocycles. The Morgan fingerprint density at radius 3 is 2.70 bits per heavy atom. The zero-order chi connectivity index (χ0) is 21.0. The number of pyridine rings is 1. The van der Waals surface area contributed by atoms with Crippen LogP contribution in [0, 0.1) is 5.92 Å². The van der Waals surface area contributed by atoms with E-state index in [-0.39, 0.29) is 5.91 Å². The first-order valence-corrected chi connectivity index (χ1v) is 11.0.